The number of aromatic amines is 1. The second-order valence-corrected chi connectivity index (χ2v) is 11.1. The number of aromatic hydroxyl groups is 1. The highest BCUT2D eigenvalue weighted by atomic mass is 16.5. The van der Waals surface area contributed by atoms with E-state index in [2.05, 4.69) is 15.6 Å². The summed E-state index contributed by atoms with van der Waals surface area (Å²) in [6, 6.07) is 20.2. The third-order valence-corrected chi connectivity index (χ3v) is 8.15. The van der Waals surface area contributed by atoms with Gasteiger partial charge in [0.1, 0.15) is 11.5 Å². The van der Waals surface area contributed by atoms with E-state index in [0.717, 1.165) is 37.8 Å². The molecular formula is C34H37N3O7. The van der Waals surface area contributed by atoms with Gasteiger partial charge in [-0.2, -0.15) is 0 Å². The van der Waals surface area contributed by atoms with Crippen molar-refractivity contribution < 1.29 is 29.6 Å². The number of aliphatic carboxylic acids is 1. The first kappa shape index (κ1) is 30.8. The number of hydrogen-bond acceptors (Lipinski definition) is 7. The van der Waals surface area contributed by atoms with E-state index in [1.54, 1.807) is 48.5 Å². The maximum atomic E-state index is 13.1. The van der Waals surface area contributed by atoms with Gasteiger partial charge in [-0.05, 0) is 79.3 Å². The molecular weight excluding hydrogens is 562 g/mol. The minimum atomic E-state index is -1.45. The molecule has 10 heteroatoms. The molecule has 0 spiro atoms. The van der Waals surface area contributed by atoms with Crippen LogP contribution in [0.15, 0.2) is 77.6 Å². The molecule has 2 unspecified atom stereocenters. The Morgan fingerprint density at radius 3 is 2.64 bits per heavy atom. The van der Waals surface area contributed by atoms with E-state index in [-0.39, 0.29) is 11.3 Å². The molecule has 1 amide bonds. The lowest BCUT2D eigenvalue weighted by Crippen LogP contribution is -2.50. The average molecular weight is 600 g/mol. The summed E-state index contributed by atoms with van der Waals surface area (Å²) in [5.41, 5.74) is 1.08. The number of carboxylic acids is 1. The molecule has 6 N–H and O–H groups in total. The Morgan fingerprint density at radius 1 is 0.977 bits per heavy atom. The number of pyridine rings is 1. The van der Waals surface area contributed by atoms with E-state index < -0.39 is 23.5 Å². The molecule has 0 saturated carbocycles. The molecule has 0 bridgehead atoms. The van der Waals surface area contributed by atoms with Gasteiger partial charge in [-0.25, -0.2) is 4.79 Å². The fourth-order valence-corrected chi connectivity index (χ4v) is 5.80. The molecule has 5 rings (SSSR count). The smallest absolute Gasteiger partial charge is 0.334 e. The molecule has 230 valence electrons. The van der Waals surface area contributed by atoms with Crippen molar-refractivity contribution in [1.82, 2.24) is 15.6 Å². The number of ether oxygens (including phenoxy) is 1. The fraction of sp³-hybridized carbons (Fsp3) is 0.324. The first-order chi connectivity index (χ1) is 21.3. The summed E-state index contributed by atoms with van der Waals surface area (Å²) in [5.74, 6) is -1.02. The largest absolute Gasteiger partial charge is 0.506 e. The number of phenols is 1. The van der Waals surface area contributed by atoms with Gasteiger partial charge in [-0.3, -0.25) is 9.59 Å². The number of carbonyl (C=O) groups excluding carboxylic acids is 1. The molecule has 0 saturated heterocycles. The monoisotopic (exact) mass is 599 g/mol. The van der Waals surface area contributed by atoms with Crippen LogP contribution < -0.4 is 20.9 Å². The number of benzene rings is 3. The van der Waals surface area contributed by atoms with Crippen LogP contribution in [0.2, 0.25) is 0 Å². The predicted octanol–water partition coefficient (Wildman–Crippen LogP) is 4.15. The number of carboxylic acid groups (broad SMARTS) is 1. The Morgan fingerprint density at radius 2 is 1.80 bits per heavy atom. The topological polar surface area (TPSA) is 161 Å². The molecule has 0 fully saturated rings. The lowest BCUT2D eigenvalue weighted by atomic mass is 9.91. The highest BCUT2D eigenvalue weighted by Gasteiger charge is 2.46. The van der Waals surface area contributed by atoms with Gasteiger partial charge in [0.15, 0.2) is 5.54 Å². The summed E-state index contributed by atoms with van der Waals surface area (Å²) in [5, 5.41) is 37.4. The summed E-state index contributed by atoms with van der Waals surface area (Å²) < 4.78 is 5.87. The van der Waals surface area contributed by atoms with Crippen LogP contribution in [0.4, 0.5) is 0 Å². The third kappa shape index (κ3) is 6.77. The standard InChI is InChI=1S/C34H37N3O7/c38-28-14-12-25(26-13-15-30(40)36-31(26)28)29(39)21-35-18-5-1-2-6-19-44-24-10-7-9-23(20-24)32(41)37-34(33(42)43)17-16-22-8-3-4-11-27(22)34/h3-4,7-15,20,29,35,38-39H,1-2,5-6,16-19,21H2,(H,36,40)(H,37,41)(H,42,43). The summed E-state index contributed by atoms with van der Waals surface area (Å²) in [4.78, 5) is 39.6. The van der Waals surface area contributed by atoms with Gasteiger partial charge >= 0.3 is 5.97 Å². The van der Waals surface area contributed by atoms with Crippen LogP contribution in [-0.2, 0) is 16.8 Å². The highest BCUT2D eigenvalue weighted by Crippen LogP contribution is 2.37. The number of carbonyl (C=O) groups is 2. The number of fused-ring (bicyclic) bond motifs is 2. The lowest BCUT2D eigenvalue weighted by Gasteiger charge is -2.27. The fourth-order valence-electron chi connectivity index (χ4n) is 5.80. The van der Waals surface area contributed by atoms with Crippen molar-refractivity contribution in [3.05, 3.63) is 105 Å². The van der Waals surface area contributed by atoms with Gasteiger partial charge in [-0.1, -0.05) is 49.2 Å². The van der Waals surface area contributed by atoms with Crippen molar-refractivity contribution >= 4 is 22.8 Å². The van der Waals surface area contributed by atoms with Crippen LogP contribution in [0.5, 0.6) is 11.5 Å². The molecule has 3 aromatic carbocycles. The van der Waals surface area contributed by atoms with E-state index in [4.69, 9.17) is 4.74 Å². The van der Waals surface area contributed by atoms with Crippen molar-refractivity contribution in [2.75, 3.05) is 19.7 Å². The summed E-state index contributed by atoms with van der Waals surface area (Å²) >= 11 is 0. The molecule has 1 aromatic heterocycles. The Hall–Kier alpha value is -4.67. The maximum absolute atomic E-state index is 13.1. The second kappa shape index (κ2) is 13.7. The minimum Gasteiger partial charge on any atom is -0.506 e. The molecule has 1 aliphatic rings. The molecule has 10 nitrogen and oxygen atoms in total. The van der Waals surface area contributed by atoms with Crippen LogP contribution in [0, 0.1) is 0 Å². The zero-order valence-corrected chi connectivity index (χ0v) is 24.3. The van der Waals surface area contributed by atoms with Gasteiger partial charge in [-0.15, -0.1) is 0 Å². The Balaban J connectivity index is 1.02. The molecule has 44 heavy (non-hydrogen) atoms. The zero-order valence-electron chi connectivity index (χ0n) is 24.3. The quantitative estimate of drug-likeness (QED) is 0.118. The average Bonchev–Trinajstić information content (AvgIpc) is 3.40. The molecule has 4 aromatic rings. The van der Waals surface area contributed by atoms with Crippen molar-refractivity contribution in [1.29, 1.82) is 0 Å². The van der Waals surface area contributed by atoms with Crippen LogP contribution >= 0.6 is 0 Å². The molecule has 1 aliphatic carbocycles. The number of phenolic OH excluding ortho intramolecular Hbond substituents is 1. The number of hydrogen-bond donors (Lipinski definition) is 6. The van der Waals surface area contributed by atoms with Crippen molar-refractivity contribution in [3.8, 4) is 11.5 Å². The number of aliphatic hydroxyl groups is 1. The number of amides is 1. The number of aryl methyl sites for hydroxylation is 1. The van der Waals surface area contributed by atoms with Gasteiger partial charge in [0.05, 0.1) is 18.2 Å². The predicted molar refractivity (Wildman–Crippen MR) is 166 cm³/mol. The van der Waals surface area contributed by atoms with Crippen LogP contribution in [0.1, 0.15) is 65.3 Å². The van der Waals surface area contributed by atoms with E-state index in [1.807, 2.05) is 12.1 Å². The van der Waals surface area contributed by atoms with Crippen LogP contribution in [-0.4, -0.2) is 51.9 Å². The van der Waals surface area contributed by atoms with Gasteiger partial charge in [0.25, 0.3) is 5.91 Å². The normalized spacial score (nSPS) is 16.4. The number of rotatable bonds is 14. The van der Waals surface area contributed by atoms with Crippen molar-refractivity contribution in [2.24, 2.45) is 0 Å². The van der Waals surface area contributed by atoms with Gasteiger partial charge in [0, 0.05) is 23.6 Å². The zero-order chi connectivity index (χ0) is 31.1. The van der Waals surface area contributed by atoms with Crippen molar-refractivity contribution in [3.63, 3.8) is 0 Å². The SMILES string of the molecule is O=C(NC1(C(=O)O)CCc2ccccc21)c1cccc(OCCCCCCNCC(O)c2ccc(O)c3[nH]c(=O)ccc23)c1. The second-order valence-electron chi connectivity index (χ2n) is 11.1. The maximum Gasteiger partial charge on any atom is 0.334 e. The number of H-pyrrole nitrogens is 1. The molecule has 1 heterocycles. The summed E-state index contributed by atoms with van der Waals surface area (Å²) in [7, 11) is 0. The van der Waals surface area contributed by atoms with Crippen LogP contribution in [0.3, 0.4) is 0 Å². The number of unbranched alkanes of at least 4 members (excludes halogenated alkanes) is 3. The Labute approximate surface area is 254 Å². The van der Waals surface area contributed by atoms with Gasteiger partial charge < -0.3 is 35.7 Å². The van der Waals surface area contributed by atoms with E-state index >= 15 is 0 Å². The third-order valence-electron chi connectivity index (χ3n) is 8.15. The number of aromatic nitrogens is 1. The number of aliphatic hydroxyl groups excluding tert-OH is 1. The van der Waals surface area contributed by atoms with Crippen LogP contribution in [0.25, 0.3) is 10.9 Å². The van der Waals surface area contributed by atoms with Crippen molar-refractivity contribution in [2.45, 2.75) is 50.2 Å². The van der Waals surface area contributed by atoms with E-state index in [9.17, 15) is 29.7 Å². The molecule has 0 radical (unpaired) electrons. The summed E-state index contributed by atoms with van der Waals surface area (Å²) in [6.07, 6.45) is 3.76. The molecule has 0 aliphatic heterocycles. The van der Waals surface area contributed by atoms with Gasteiger partial charge in [0.2, 0.25) is 5.56 Å². The Kier molecular flexibility index (Phi) is 9.62. The highest BCUT2D eigenvalue weighted by molar-refractivity contribution is 5.99. The first-order valence-electron chi connectivity index (χ1n) is 14.9. The number of nitrogens with one attached hydrogen (secondary N) is 3. The summed E-state index contributed by atoms with van der Waals surface area (Å²) in [6.45, 7) is 1.55. The first-order valence-corrected chi connectivity index (χ1v) is 14.9. The lowest BCUT2D eigenvalue weighted by molar-refractivity contribution is -0.144. The van der Waals surface area contributed by atoms with E-state index in [1.165, 1.54) is 12.1 Å². The molecule has 2 atom stereocenters. The minimum absolute atomic E-state index is 0.0387. The Bertz CT molecular complexity index is 1700. The van der Waals surface area contributed by atoms with E-state index in [0.29, 0.717) is 59.3 Å².